The summed E-state index contributed by atoms with van der Waals surface area (Å²) in [6.07, 6.45) is 52.5. The highest BCUT2D eigenvalue weighted by Crippen LogP contribution is 2.46. The summed E-state index contributed by atoms with van der Waals surface area (Å²) in [6, 6.07) is 23.0. The number of unbranched alkanes of at least 4 members (excludes halogenated alkanes) is 25. The second kappa shape index (κ2) is 36.5. The molecule has 3 aliphatic heterocycles. The zero-order valence-electron chi connectivity index (χ0n) is 58.3. The van der Waals surface area contributed by atoms with Crippen molar-refractivity contribution in [2.45, 2.75) is 323 Å². The van der Waals surface area contributed by atoms with Gasteiger partial charge in [0.05, 0.1) is 31.9 Å². The fraction of sp³-hybridized carbons (Fsp3) is 0.659. The number of thiophene rings is 4. The summed E-state index contributed by atoms with van der Waals surface area (Å²) in [5, 5.41) is 4.63. The third kappa shape index (κ3) is 20.0. The summed E-state index contributed by atoms with van der Waals surface area (Å²) < 4.78 is 2.74. The van der Waals surface area contributed by atoms with Crippen molar-refractivity contribution in [1.29, 1.82) is 0 Å². The zero-order valence-corrected chi connectivity index (χ0v) is 61.5. The smallest absolute Gasteiger partial charge is 0.260 e. The van der Waals surface area contributed by atoms with Gasteiger partial charge >= 0.3 is 0 Å². The Balaban J connectivity index is 1.10. The van der Waals surface area contributed by atoms with Crippen molar-refractivity contribution < 1.29 is 9.59 Å². The Labute approximate surface area is 568 Å². The molecule has 3 atom stereocenters. The average molecular weight is 1310 g/mol. The van der Waals surface area contributed by atoms with E-state index in [4.69, 9.17) is 5.73 Å². The Morgan fingerprint density at radius 2 is 0.967 bits per heavy atom. The number of benzene rings is 2. The minimum Gasteiger partial charge on any atom is -0.321 e. The van der Waals surface area contributed by atoms with Gasteiger partial charge in [-0.1, -0.05) is 285 Å². The van der Waals surface area contributed by atoms with Crippen LogP contribution in [0.5, 0.6) is 0 Å². The maximum absolute atomic E-state index is 16.1. The molecule has 9 rings (SSSR count). The van der Waals surface area contributed by atoms with Gasteiger partial charge in [0, 0.05) is 58.3 Å². The number of anilines is 2. The summed E-state index contributed by atoms with van der Waals surface area (Å²) >= 11 is 7.37. The van der Waals surface area contributed by atoms with Gasteiger partial charge in [0.15, 0.2) is 0 Å². The molecule has 0 saturated heterocycles. The van der Waals surface area contributed by atoms with Crippen LogP contribution >= 0.6 is 45.3 Å². The first-order chi connectivity index (χ1) is 44.3. The lowest BCUT2D eigenvalue weighted by Gasteiger charge is -2.27. The summed E-state index contributed by atoms with van der Waals surface area (Å²) in [5.41, 5.74) is 10.6. The predicted molar refractivity (Wildman–Crippen MR) is 404 cm³/mol. The molecule has 0 spiro atoms. The molecule has 7 heterocycles. The van der Waals surface area contributed by atoms with Crippen LogP contribution in [-0.4, -0.2) is 24.9 Å². The molecule has 4 bridgehead atoms. The van der Waals surface area contributed by atoms with Gasteiger partial charge in [-0.3, -0.25) is 9.59 Å². The van der Waals surface area contributed by atoms with Crippen molar-refractivity contribution in [1.82, 2.24) is 0 Å². The Bertz CT molecular complexity index is 3320. The highest BCUT2D eigenvalue weighted by Gasteiger charge is 2.39. The van der Waals surface area contributed by atoms with E-state index in [0.29, 0.717) is 24.9 Å². The van der Waals surface area contributed by atoms with Crippen LogP contribution in [0.25, 0.3) is 41.1 Å². The second-order valence-corrected chi connectivity index (χ2v) is 34.2. The molecule has 2 amide bonds. The first kappa shape index (κ1) is 71.7. The van der Waals surface area contributed by atoms with E-state index >= 15 is 9.59 Å². The Hall–Kier alpha value is -3.60. The minimum absolute atomic E-state index is 0.0943. The summed E-state index contributed by atoms with van der Waals surface area (Å²) in [7, 11) is 0. The molecule has 91 heavy (non-hydrogen) atoms. The lowest BCUT2D eigenvalue weighted by Crippen LogP contribution is -2.35. The SMILES string of the molecule is CCCCCCCCCCCCC1CCCCCCCCCCC(C)(N)c2ccc(s2)C2=c3cc4c(cc3N(CC(CCCCCCCCCC)CCCCCCCCCCCC)C2=O)=C(c2ccc(-c3cc5ccc6cc(C(C)(C)C)sc6c5s3)s2)C(=O)N4C1. The minimum atomic E-state index is -0.474. The van der Waals surface area contributed by atoms with Crippen LogP contribution in [0.2, 0.25) is 0 Å². The van der Waals surface area contributed by atoms with E-state index in [1.54, 1.807) is 22.7 Å². The maximum Gasteiger partial charge on any atom is 0.260 e. The topological polar surface area (TPSA) is 66.6 Å². The van der Waals surface area contributed by atoms with Gasteiger partial charge < -0.3 is 15.5 Å². The third-order valence-electron chi connectivity index (χ3n) is 20.9. The molecule has 0 fully saturated rings. The van der Waals surface area contributed by atoms with E-state index in [9.17, 15) is 0 Å². The van der Waals surface area contributed by atoms with E-state index in [2.05, 4.69) is 119 Å². The molecule has 6 aromatic rings. The fourth-order valence-corrected chi connectivity index (χ4v) is 19.9. The zero-order chi connectivity index (χ0) is 64.0. The predicted octanol–water partition coefficient (Wildman–Crippen LogP) is 24.8. The highest BCUT2D eigenvalue weighted by molar-refractivity contribution is 7.30. The van der Waals surface area contributed by atoms with E-state index in [-0.39, 0.29) is 17.2 Å². The monoisotopic (exact) mass is 1310 g/mol. The number of carbonyl (C=O) groups is 2. The van der Waals surface area contributed by atoms with Crippen molar-refractivity contribution in [3.05, 3.63) is 90.6 Å². The summed E-state index contributed by atoms with van der Waals surface area (Å²) in [4.78, 5) is 43.6. The number of carbonyl (C=O) groups excluding carboxylic acids is 2. The van der Waals surface area contributed by atoms with Crippen molar-refractivity contribution >= 4 is 99.9 Å². The first-order valence-corrected chi connectivity index (χ1v) is 41.1. The molecule has 0 aliphatic carbocycles. The number of rotatable bonds is 35. The summed E-state index contributed by atoms with van der Waals surface area (Å²) in [5.74, 6) is 1.07. The normalized spacial score (nSPS) is 18.2. The van der Waals surface area contributed by atoms with Gasteiger partial charge in [-0.05, 0) is 116 Å². The van der Waals surface area contributed by atoms with Gasteiger partial charge in [0.2, 0.25) is 0 Å². The van der Waals surface area contributed by atoms with Crippen LogP contribution in [0, 0.1) is 11.8 Å². The van der Waals surface area contributed by atoms with E-state index in [1.165, 1.54) is 260 Å². The van der Waals surface area contributed by atoms with E-state index in [1.807, 2.05) is 22.7 Å². The van der Waals surface area contributed by atoms with Crippen molar-refractivity contribution in [2.24, 2.45) is 17.6 Å². The standard InChI is InChI=1S/C82H121N3O2S4/c1-8-11-14-17-20-23-25-30-35-40-45-61-46-42-37-32-27-28-33-38-43-54-82(7,83)73-53-52-71(89-73)76-66-58-67-65(57-68(66)85(80(76)87)60-62(44-39-34-29-22-19-16-13-10-3)47-41-36-31-26-24-21-18-15-12-9-2)75(79(86)84(67)59-61)70-51-50-69(88-70)72-55-63-48-49-64-56-74(81(4,5)6)91-78(64)77(63)90-72/h48-53,55-58,61-62H,8-47,54,59-60,83H2,1-7H3. The van der Waals surface area contributed by atoms with Gasteiger partial charge in [-0.25, -0.2) is 0 Å². The molecule has 5 nitrogen and oxygen atoms in total. The first-order valence-electron chi connectivity index (χ1n) is 37.8. The molecule has 3 unspecified atom stereocenters. The van der Waals surface area contributed by atoms with Crippen LogP contribution in [-0.2, 0) is 20.5 Å². The quantitative estimate of drug-likeness (QED) is 0.0403. The molecule has 2 aromatic carbocycles. The van der Waals surface area contributed by atoms with Crippen LogP contribution in [0.15, 0.2) is 60.7 Å². The van der Waals surface area contributed by atoms with Crippen molar-refractivity contribution in [3.8, 4) is 9.75 Å². The number of nitrogens with two attached hydrogens (primary N) is 1. The van der Waals surface area contributed by atoms with Gasteiger partial charge in [0.1, 0.15) is 0 Å². The van der Waals surface area contributed by atoms with Gasteiger partial charge in [-0.2, -0.15) is 0 Å². The van der Waals surface area contributed by atoms with Crippen LogP contribution in [0.1, 0.15) is 331 Å². The number of nitrogens with zero attached hydrogens (tertiary/aromatic N) is 2. The van der Waals surface area contributed by atoms with Crippen molar-refractivity contribution in [3.63, 3.8) is 0 Å². The Morgan fingerprint density at radius 3 is 1.56 bits per heavy atom. The fourth-order valence-electron chi connectivity index (χ4n) is 15.1. The molecular formula is C82H121N3O2S4. The molecular weight excluding hydrogens is 1190 g/mol. The average Bonchev–Trinajstić information content (AvgIpc) is 1.59. The number of amides is 2. The lowest BCUT2D eigenvalue weighted by molar-refractivity contribution is -0.114. The van der Waals surface area contributed by atoms with Gasteiger partial charge in [0.25, 0.3) is 11.8 Å². The second-order valence-electron chi connectivity index (χ2n) is 29.9. The molecule has 2 N–H and O–H groups in total. The molecule has 0 radical (unpaired) electrons. The molecule has 500 valence electrons. The molecule has 0 saturated carbocycles. The summed E-state index contributed by atoms with van der Waals surface area (Å²) in [6.45, 7) is 17.5. The van der Waals surface area contributed by atoms with Crippen LogP contribution in [0.4, 0.5) is 11.4 Å². The van der Waals surface area contributed by atoms with Crippen molar-refractivity contribution in [2.75, 3.05) is 22.9 Å². The Kier molecular flexibility index (Phi) is 28.8. The van der Waals surface area contributed by atoms with E-state index < -0.39 is 5.54 Å². The van der Waals surface area contributed by atoms with Crippen LogP contribution < -0.4 is 26.0 Å². The maximum atomic E-state index is 16.1. The molecule has 4 aromatic heterocycles. The Morgan fingerprint density at radius 1 is 0.495 bits per heavy atom. The largest absolute Gasteiger partial charge is 0.321 e. The highest BCUT2D eigenvalue weighted by atomic mass is 32.1. The number of hydrogen-bond donors (Lipinski definition) is 1. The van der Waals surface area contributed by atoms with Gasteiger partial charge in [-0.15, -0.1) is 45.3 Å². The lowest BCUT2D eigenvalue weighted by atomic mass is 9.92. The number of hydrogen-bond acceptors (Lipinski definition) is 7. The number of fused-ring (bicyclic) bond motifs is 6. The van der Waals surface area contributed by atoms with E-state index in [0.717, 1.165) is 86.1 Å². The molecule has 9 heteroatoms. The third-order valence-corrected chi connectivity index (χ3v) is 26.5. The van der Waals surface area contributed by atoms with Crippen LogP contribution in [0.3, 0.4) is 0 Å². The molecule has 3 aliphatic rings.